The molecule has 1 heterocycles. The molecule has 1 atom stereocenters. The second-order valence-electron chi connectivity index (χ2n) is 6.48. The molecular formula is C21H22ClN3O3. The van der Waals surface area contributed by atoms with Crippen LogP contribution in [0.1, 0.15) is 48.1 Å². The van der Waals surface area contributed by atoms with Crippen LogP contribution in [-0.2, 0) is 4.79 Å². The third-order valence-corrected chi connectivity index (χ3v) is 4.54. The normalized spacial score (nSPS) is 16.1. The first-order valence-electron chi connectivity index (χ1n) is 9.22. The highest BCUT2D eigenvalue weighted by Gasteiger charge is 2.23. The molecule has 2 aromatic carbocycles. The first-order valence-corrected chi connectivity index (χ1v) is 9.60. The molecule has 2 aromatic rings. The van der Waals surface area contributed by atoms with Crippen molar-refractivity contribution >= 4 is 29.4 Å². The Hall–Kier alpha value is -2.86. The van der Waals surface area contributed by atoms with E-state index in [2.05, 4.69) is 22.5 Å². The lowest BCUT2D eigenvalue weighted by Gasteiger charge is -2.21. The van der Waals surface area contributed by atoms with Crippen molar-refractivity contribution in [1.82, 2.24) is 10.6 Å². The lowest BCUT2D eigenvalue weighted by Crippen LogP contribution is -2.47. The van der Waals surface area contributed by atoms with Crippen LogP contribution in [-0.4, -0.2) is 24.4 Å². The van der Waals surface area contributed by atoms with E-state index >= 15 is 0 Å². The molecule has 28 heavy (non-hydrogen) atoms. The van der Waals surface area contributed by atoms with E-state index in [-0.39, 0.29) is 30.2 Å². The zero-order chi connectivity index (χ0) is 19.9. The van der Waals surface area contributed by atoms with Crippen LogP contribution in [0.3, 0.4) is 0 Å². The first-order chi connectivity index (χ1) is 13.5. The fourth-order valence-electron chi connectivity index (χ4n) is 2.75. The van der Waals surface area contributed by atoms with Crippen LogP contribution < -0.4 is 15.4 Å². The Morgan fingerprint density at radius 1 is 1.21 bits per heavy atom. The van der Waals surface area contributed by atoms with Crippen molar-refractivity contribution in [3.05, 3.63) is 64.7 Å². The van der Waals surface area contributed by atoms with Crippen molar-refractivity contribution in [2.75, 3.05) is 6.61 Å². The molecule has 2 amide bonds. The van der Waals surface area contributed by atoms with E-state index in [1.165, 1.54) is 0 Å². The number of guanidine groups is 1. The molecule has 0 spiro atoms. The van der Waals surface area contributed by atoms with Crippen molar-refractivity contribution in [2.24, 2.45) is 4.99 Å². The van der Waals surface area contributed by atoms with Gasteiger partial charge in [0.05, 0.1) is 19.1 Å². The van der Waals surface area contributed by atoms with Gasteiger partial charge in [-0.15, -0.1) is 0 Å². The number of hydrogen-bond donors (Lipinski definition) is 2. The molecule has 2 N–H and O–H groups in total. The second-order valence-corrected chi connectivity index (χ2v) is 6.91. The number of carbonyl (C=O) groups excluding carboxylic acids is 2. The average Bonchev–Trinajstić information content (AvgIpc) is 2.69. The molecule has 1 aliphatic heterocycles. The highest BCUT2D eigenvalue weighted by Crippen LogP contribution is 2.24. The van der Waals surface area contributed by atoms with E-state index in [0.717, 1.165) is 24.2 Å². The van der Waals surface area contributed by atoms with Crippen LogP contribution in [0.15, 0.2) is 53.5 Å². The molecule has 0 aliphatic carbocycles. The summed E-state index contributed by atoms with van der Waals surface area (Å²) in [6.45, 7) is 2.75. The summed E-state index contributed by atoms with van der Waals surface area (Å²) >= 11 is 5.91. The van der Waals surface area contributed by atoms with Gasteiger partial charge in [0, 0.05) is 10.6 Å². The SMILES string of the molecule is CCCCOc1ccc(C(=O)NC2=NC(c3ccc(Cl)cc3)CC(=O)N2)cc1. The lowest BCUT2D eigenvalue weighted by molar-refractivity contribution is -0.120. The number of hydrogen-bond acceptors (Lipinski definition) is 4. The van der Waals surface area contributed by atoms with Crippen LogP contribution in [0.2, 0.25) is 5.02 Å². The monoisotopic (exact) mass is 399 g/mol. The van der Waals surface area contributed by atoms with Crippen LogP contribution in [0.25, 0.3) is 0 Å². The third-order valence-electron chi connectivity index (χ3n) is 4.29. The highest BCUT2D eigenvalue weighted by atomic mass is 35.5. The van der Waals surface area contributed by atoms with Gasteiger partial charge in [-0.3, -0.25) is 20.2 Å². The van der Waals surface area contributed by atoms with Gasteiger partial charge in [-0.2, -0.15) is 0 Å². The number of ether oxygens (including phenoxy) is 1. The fourth-order valence-corrected chi connectivity index (χ4v) is 2.88. The number of benzene rings is 2. The second kappa shape index (κ2) is 9.37. The number of nitrogens with zero attached hydrogens (tertiary/aromatic N) is 1. The van der Waals surface area contributed by atoms with E-state index in [4.69, 9.17) is 16.3 Å². The van der Waals surface area contributed by atoms with Crippen LogP contribution >= 0.6 is 11.6 Å². The van der Waals surface area contributed by atoms with Crippen LogP contribution in [0, 0.1) is 0 Å². The van der Waals surface area contributed by atoms with Gasteiger partial charge in [-0.05, 0) is 48.4 Å². The Labute approximate surface area is 169 Å². The molecule has 0 saturated carbocycles. The molecule has 3 rings (SSSR count). The minimum atomic E-state index is -0.365. The van der Waals surface area contributed by atoms with Gasteiger partial charge in [-0.25, -0.2) is 4.99 Å². The molecule has 0 fully saturated rings. The zero-order valence-electron chi connectivity index (χ0n) is 15.6. The third kappa shape index (κ3) is 5.33. The minimum absolute atomic E-state index is 0.143. The van der Waals surface area contributed by atoms with Crippen molar-refractivity contribution in [1.29, 1.82) is 0 Å². The number of unbranched alkanes of at least 4 members (excludes halogenated alkanes) is 1. The number of aliphatic imine (C=N–C) groups is 1. The Bertz CT molecular complexity index is 863. The van der Waals surface area contributed by atoms with Gasteiger partial charge < -0.3 is 4.74 Å². The summed E-state index contributed by atoms with van der Waals surface area (Å²) in [5, 5.41) is 5.88. The van der Waals surface area contributed by atoms with Gasteiger partial charge in [0.1, 0.15) is 5.75 Å². The molecule has 0 saturated heterocycles. The molecule has 0 bridgehead atoms. The quantitative estimate of drug-likeness (QED) is 0.723. The Kier molecular flexibility index (Phi) is 6.66. The minimum Gasteiger partial charge on any atom is -0.494 e. The number of rotatable bonds is 6. The van der Waals surface area contributed by atoms with E-state index in [1.807, 2.05) is 12.1 Å². The smallest absolute Gasteiger partial charge is 0.257 e. The van der Waals surface area contributed by atoms with Gasteiger partial charge in [0.25, 0.3) is 5.91 Å². The summed E-state index contributed by atoms with van der Waals surface area (Å²) in [4.78, 5) is 29.0. The number of amides is 2. The van der Waals surface area contributed by atoms with Gasteiger partial charge in [0.2, 0.25) is 11.9 Å². The zero-order valence-corrected chi connectivity index (χ0v) is 16.3. The van der Waals surface area contributed by atoms with Gasteiger partial charge in [-0.1, -0.05) is 37.1 Å². The number of halogens is 1. The predicted molar refractivity (Wildman–Crippen MR) is 109 cm³/mol. The van der Waals surface area contributed by atoms with E-state index in [0.29, 0.717) is 17.2 Å². The Morgan fingerprint density at radius 2 is 1.93 bits per heavy atom. The number of carbonyl (C=O) groups is 2. The summed E-state index contributed by atoms with van der Waals surface area (Å²) in [6.07, 6.45) is 2.26. The van der Waals surface area contributed by atoms with E-state index in [1.54, 1.807) is 36.4 Å². The topological polar surface area (TPSA) is 79.8 Å². The van der Waals surface area contributed by atoms with E-state index in [9.17, 15) is 9.59 Å². The molecule has 0 aromatic heterocycles. The molecule has 6 nitrogen and oxygen atoms in total. The Morgan fingerprint density at radius 3 is 2.61 bits per heavy atom. The van der Waals surface area contributed by atoms with Crippen molar-refractivity contribution in [2.45, 2.75) is 32.2 Å². The maximum Gasteiger partial charge on any atom is 0.257 e. The van der Waals surface area contributed by atoms with Crippen molar-refractivity contribution in [3.63, 3.8) is 0 Å². The van der Waals surface area contributed by atoms with E-state index < -0.39 is 0 Å². The first kappa shape index (κ1) is 19.9. The summed E-state index contributed by atoms with van der Waals surface area (Å²) < 4.78 is 5.59. The van der Waals surface area contributed by atoms with Crippen molar-refractivity contribution in [3.8, 4) is 5.75 Å². The van der Waals surface area contributed by atoms with Crippen LogP contribution in [0.4, 0.5) is 0 Å². The Balaban J connectivity index is 1.66. The summed E-state index contributed by atoms with van der Waals surface area (Å²) in [6, 6.07) is 13.7. The fraction of sp³-hybridized carbons (Fsp3) is 0.286. The summed E-state index contributed by atoms with van der Waals surface area (Å²) in [5.74, 6) is 0.307. The molecule has 146 valence electrons. The average molecular weight is 400 g/mol. The number of nitrogens with one attached hydrogen (secondary N) is 2. The largest absolute Gasteiger partial charge is 0.494 e. The molecule has 7 heteroatoms. The molecule has 1 unspecified atom stereocenters. The maximum absolute atomic E-state index is 12.5. The maximum atomic E-state index is 12.5. The summed E-state index contributed by atoms with van der Waals surface area (Å²) in [7, 11) is 0. The molecular weight excluding hydrogens is 378 g/mol. The van der Waals surface area contributed by atoms with Gasteiger partial charge in [0.15, 0.2) is 0 Å². The standard InChI is InChI=1S/C21H22ClN3O3/c1-2-3-12-28-17-10-6-15(7-11-17)20(27)25-21-23-18(13-19(26)24-21)14-4-8-16(22)9-5-14/h4-11,18H,2-3,12-13H2,1H3,(H2,23,24,25,26,27). The summed E-state index contributed by atoms with van der Waals surface area (Å²) in [5.41, 5.74) is 1.31. The van der Waals surface area contributed by atoms with Crippen molar-refractivity contribution < 1.29 is 14.3 Å². The molecule has 0 radical (unpaired) electrons. The molecule has 1 aliphatic rings. The van der Waals surface area contributed by atoms with Gasteiger partial charge >= 0.3 is 0 Å². The van der Waals surface area contributed by atoms with Crippen LogP contribution in [0.5, 0.6) is 5.75 Å². The predicted octanol–water partition coefficient (Wildman–Crippen LogP) is 3.87. The highest BCUT2D eigenvalue weighted by molar-refractivity contribution is 6.30. The lowest BCUT2D eigenvalue weighted by atomic mass is 10.0.